The molecule has 0 aliphatic rings. The van der Waals surface area contributed by atoms with E-state index in [2.05, 4.69) is 17.6 Å². The van der Waals surface area contributed by atoms with Crippen LogP contribution in [0.25, 0.3) is 0 Å². The SMILES string of the molecule is CCCCCCN(C(=O)C(CC(N)=O)NC(=O)OC(C)(C)C)C(C(=O)NCCCC)c1ccccc1O. The van der Waals surface area contributed by atoms with Crippen LogP contribution in [0.2, 0.25) is 0 Å². The Bertz CT molecular complexity index is 899. The van der Waals surface area contributed by atoms with Crippen LogP contribution in [0.4, 0.5) is 4.79 Å². The van der Waals surface area contributed by atoms with Gasteiger partial charge in [0.25, 0.3) is 0 Å². The number of carbonyl (C=O) groups excluding carboxylic acids is 4. The van der Waals surface area contributed by atoms with E-state index in [4.69, 9.17) is 10.5 Å². The van der Waals surface area contributed by atoms with Crippen LogP contribution in [0, 0.1) is 0 Å². The molecule has 1 aromatic rings. The molecule has 208 valence electrons. The number of unbranched alkanes of at least 4 members (excludes halogenated alkanes) is 4. The Morgan fingerprint density at radius 1 is 1.03 bits per heavy atom. The van der Waals surface area contributed by atoms with Crippen LogP contribution >= 0.6 is 0 Å². The molecule has 0 saturated carbocycles. The molecule has 2 unspecified atom stereocenters. The number of nitrogens with two attached hydrogens (primary N) is 1. The standard InChI is InChI=1S/C27H44N4O6/c1-6-8-10-13-17-31(25(35)20(18-22(28)33)30-26(36)37-27(3,4)5)23(24(34)29-16-9-7-2)19-14-11-12-15-21(19)32/h11-12,14-15,20,23,32H,6-10,13,16-18H2,1-5H3,(H2,28,33)(H,29,34)(H,30,36). The topological polar surface area (TPSA) is 151 Å². The van der Waals surface area contributed by atoms with Gasteiger partial charge in [-0.15, -0.1) is 0 Å². The first-order chi connectivity index (χ1) is 17.4. The molecule has 0 bridgehead atoms. The molecule has 0 aromatic heterocycles. The van der Waals surface area contributed by atoms with E-state index in [0.717, 1.165) is 32.1 Å². The van der Waals surface area contributed by atoms with Crippen molar-refractivity contribution in [3.05, 3.63) is 29.8 Å². The van der Waals surface area contributed by atoms with Crippen molar-refractivity contribution in [3.8, 4) is 5.75 Å². The summed E-state index contributed by atoms with van der Waals surface area (Å²) >= 11 is 0. The van der Waals surface area contributed by atoms with Gasteiger partial charge in [-0.1, -0.05) is 57.7 Å². The molecule has 1 rings (SSSR count). The van der Waals surface area contributed by atoms with E-state index in [1.54, 1.807) is 39.0 Å². The molecule has 0 radical (unpaired) electrons. The number of hydrogen-bond donors (Lipinski definition) is 4. The maximum absolute atomic E-state index is 13.9. The number of carbonyl (C=O) groups is 4. The molecular formula is C27H44N4O6. The fourth-order valence-electron chi connectivity index (χ4n) is 3.78. The number of rotatable bonds is 15. The van der Waals surface area contributed by atoms with E-state index < -0.39 is 47.9 Å². The largest absolute Gasteiger partial charge is 0.508 e. The molecule has 2 atom stereocenters. The summed E-state index contributed by atoms with van der Waals surface area (Å²) in [7, 11) is 0. The predicted octanol–water partition coefficient (Wildman–Crippen LogP) is 3.53. The minimum absolute atomic E-state index is 0.143. The number of nitrogens with one attached hydrogen (secondary N) is 2. The van der Waals surface area contributed by atoms with Crippen molar-refractivity contribution in [2.45, 2.75) is 97.2 Å². The first-order valence-electron chi connectivity index (χ1n) is 13.0. The van der Waals surface area contributed by atoms with E-state index in [-0.39, 0.29) is 17.9 Å². The highest BCUT2D eigenvalue weighted by Crippen LogP contribution is 2.30. The third-order valence-electron chi connectivity index (χ3n) is 5.55. The Balaban J connectivity index is 3.46. The molecule has 0 saturated heterocycles. The summed E-state index contributed by atoms with van der Waals surface area (Å²) in [5.41, 5.74) is 4.82. The van der Waals surface area contributed by atoms with Crippen molar-refractivity contribution in [2.75, 3.05) is 13.1 Å². The number of benzene rings is 1. The first kappa shape index (κ1) is 31.7. The number of nitrogens with zero attached hydrogens (tertiary/aromatic N) is 1. The molecule has 0 heterocycles. The fraction of sp³-hybridized carbons (Fsp3) is 0.630. The third-order valence-corrected chi connectivity index (χ3v) is 5.55. The van der Waals surface area contributed by atoms with Crippen LogP contribution in [0.3, 0.4) is 0 Å². The predicted molar refractivity (Wildman–Crippen MR) is 142 cm³/mol. The summed E-state index contributed by atoms with van der Waals surface area (Å²) in [4.78, 5) is 53.0. The van der Waals surface area contributed by atoms with Gasteiger partial charge < -0.3 is 31.1 Å². The summed E-state index contributed by atoms with van der Waals surface area (Å²) < 4.78 is 5.28. The lowest BCUT2D eigenvalue weighted by atomic mass is 10.00. The number of hydrogen-bond acceptors (Lipinski definition) is 6. The molecule has 5 N–H and O–H groups in total. The summed E-state index contributed by atoms with van der Waals surface area (Å²) in [6.45, 7) is 9.64. The Labute approximate surface area is 220 Å². The molecule has 4 amide bonds. The average Bonchev–Trinajstić information content (AvgIpc) is 2.79. The number of alkyl carbamates (subject to hydrolysis) is 1. The number of para-hydroxylation sites is 1. The van der Waals surface area contributed by atoms with Gasteiger partial charge in [-0.05, 0) is 39.7 Å². The molecule has 0 fully saturated rings. The third kappa shape index (κ3) is 11.5. The molecule has 10 nitrogen and oxygen atoms in total. The highest BCUT2D eigenvalue weighted by Gasteiger charge is 2.37. The van der Waals surface area contributed by atoms with Gasteiger partial charge in [0.15, 0.2) is 0 Å². The summed E-state index contributed by atoms with van der Waals surface area (Å²) in [6.07, 6.45) is 3.55. The monoisotopic (exact) mass is 520 g/mol. The molecular weight excluding hydrogens is 476 g/mol. The lowest BCUT2D eigenvalue weighted by Gasteiger charge is -2.34. The van der Waals surface area contributed by atoms with Crippen molar-refractivity contribution in [2.24, 2.45) is 5.73 Å². The Hall–Kier alpha value is -3.30. The highest BCUT2D eigenvalue weighted by atomic mass is 16.6. The normalized spacial score (nSPS) is 12.8. The molecule has 0 spiro atoms. The molecule has 0 aliphatic carbocycles. The number of primary amides is 1. The van der Waals surface area contributed by atoms with Crippen LogP contribution in [-0.2, 0) is 19.1 Å². The van der Waals surface area contributed by atoms with Gasteiger partial charge in [-0.25, -0.2) is 4.79 Å². The summed E-state index contributed by atoms with van der Waals surface area (Å²) in [5.74, 6) is -2.07. The minimum Gasteiger partial charge on any atom is -0.508 e. The van der Waals surface area contributed by atoms with Gasteiger partial charge in [0.05, 0.1) is 6.42 Å². The van der Waals surface area contributed by atoms with Crippen LogP contribution in [0.5, 0.6) is 5.75 Å². The van der Waals surface area contributed by atoms with Gasteiger partial charge in [-0.2, -0.15) is 0 Å². The van der Waals surface area contributed by atoms with Gasteiger partial charge in [-0.3, -0.25) is 14.4 Å². The second-order valence-electron chi connectivity index (χ2n) is 10.1. The van der Waals surface area contributed by atoms with E-state index in [0.29, 0.717) is 13.0 Å². The van der Waals surface area contributed by atoms with E-state index in [1.165, 1.54) is 11.0 Å². The average molecular weight is 521 g/mol. The Morgan fingerprint density at radius 2 is 1.68 bits per heavy atom. The van der Waals surface area contributed by atoms with Gasteiger partial charge >= 0.3 is 6.09 Å². The van der Waals surface area contributed by atoms with Crippen molar-refractivity contribution in [3.63, 3.8) is 0 Å². The van der Waals surface area contributed by atoms with Crippen molar-refractivity contribution < 1.29 is 29.0 Å². The molecule has 1 aromatic carbocycles. The second-order valence-corrected chi connectivity index (χ2v) is 10.1. The van der Waals surface area contributed by atoms with Crippen LogP contribution in [0.15, 0.2) is 24.3 Å². The van der Waals surface area contributed by atoms with E-state index >= 15 is 0 Å². The molecule has 37 heavy (non-hydrogen) atoms. The van der Waals surface area contributed by atoms with Crippen LogP contribution in [-0.4, -0.2) is 58.6 Å². The fourth-order valence-corrected chi connectivity index (χ4v) is 3.78. The zero-order valence-corrected chi connectivity index (χ0v) is 22.8. The van der Waals surface area contributed by atoms with Gasteiger partial charge in [0.2, 0.25) is 17.7 Å². The van der Waals surface area contributed by atoms with Crippen LogP contribution < -0.4 is 16.4 Å². The Kier molecular flexibility index (Phi) is 13.5. The van der Waals surface area contributed by atoms with E-state index in [1.807, 2.05) is 6.92 Å². The van der Waals surface area contributed by atoms with Crippen molar-refractivity contribution in [1.82, 2.24) is 15.5 Å². The minimum atomic E-state index is -1.35. The zero-order valence-electron chi connectivity index (χ0n) is 22.8. The lowest BCUT2D eigenvalue weighted by molar-refractivity contribution is -0.143. The summed E-state index contributed by atoms with van der Waals surface area (Å²) in [5, 5.41) is 15.9. The smallest absolute Gasteiger partial charge is 0.408 e. The number of amides is 4. The van der Waals surface area contributed by atoms with E-state index in [9.17, 15) is 24.3 Å². The first-order valence-corrected chi connectivity index (χ1v) is 13.0. The molecule has 0 aliphatic heterocycles. The maximum atomic E-state index is 13.9. The number of aromatic hydroxyl groups is 1. The summed E-state index contributed by atoms with van der Waals surface area (Å²) in [6, 6.07) is 3.79. The van der Waals surface area contributed by atoms with Crippen molar-refractivity contribution >= 4 is 23.8 Å². The Morgan fingerprint density at radius 3 is 2.24 bits per heavy atom. The van der Waals surface area contributed by atoms with Crippen molar-refractivity contribution in [1.29, 1.82) is 0 Å². The highest BCUT2D eigenvalue weighted by molar-refractivity contribution is 5.94. The maximum Gasteiger partial charge on any atom is 0.408 e. The van der Waals surface area contributed by atoms with Gasteiger partial charge in [0.1, 0.15) is 23.4 Å². The quantitative estimate of drug-likeness (QED) is 0.260. The second kappa shape index (κ2) is 15.7. The van der Waals surface area contributed by atoms with Crippen LogP contribution in [0.1, 0.15) is 91.2 Å². The molecule has 10 heteroatoms. The number of phenolic OH excluding ortho intramolecular Hbond substituents is 1. The lowest BCUT2D eigenvalue weighted by Crippen LogP contribution is -2.54. The zero-order chi connectivity index (χ0) is 28.0. The van der Waals surface area contributed by atoms with Gasteiger partial charge in [0, 0.05) is 18.7 Å². The number of ether oxygens (including phenoxy) is 1. The number of phenols is 1.